The summed E-state index contributed by atoms with van der Waals surface area (Å²) in [5.41, 5.74) is 3.64. The van der Waals surface area contributed by atoms with Gasteiger partial charge < -0.3 is 0 Å². The topological polar surface area (TPSA) is 54.4 Å². The zero-order chi connectivity index (χ0) is 19.6. The van der Waals surface area contributed by atoms with Crippen molar-refractivity contribution < 1.29 is 13.0 Å². The van der Waals surface area contributed by atoms with Crippen molar-refractivity contribution in [2.75, 3.05) is 0 Å². The molecule has 0 heterocycles. The molecule has 0 unspecified atom stereocenters. The van der Waals surface area contributed by atoms with Crippen LogP contribution in [0.25, 0.3) is 10.8 Å². The molecule has 140 valence electrons. The third-order valence-corrected chi connectivity index (χ3v) is 5.90. The maximum Gasteiger partial charge on any atom is 0.295 e. The van der Waals surface area contributed by atoms with Crippen molar-refractivity contribution in [3.63, 3.8) is 0 Å². The Balaban J connectivity index is 1.99. The van der Waals surface area contributed by atoms with Crippen molar-refractivity contribution in [2.24, 2.45) is 0 Å². The van der Waals surface area contributed by atoms with Gasteiger partial charge >= 0.3 is 0 Å². The van der Waals surface area contributed by atoms with Crippen LogP contribution in [-0.2, 0) is 23.0 Å². The summed E-state index contributed by atoms with van der Waals surface area (Å²) in [7, 11) is -4.39. The maximum absolute atomic E-state index is 12.4. The Bertz CT molecular complexity index is 1210. The molecule has 4 aromatic rings. The molecule has 0 spiro atoms. The fourth-order valence-electron chi connectivity index (χ4n) is 3.67. The second-order valence-electron chi connectivity index (χ2n) is 6.86. The first kappa shape index (κ1) is 18.4. The minimum atomic E-state index is -4.39. The second-order valence-corrected chi connectivity index (χ2v) is 8.22. The summed E-state index contributed by atoms with van der Waals surface area (Å²) in [6, 6.07) is 29.0. The van der Waals surface area contributed by atoms with Crippen LogP contribution >= 0.6 is 0 Å². The molecule has 0 radical (unpaired) electrons. The van der Waals surface area contributed by atoms with Gasteiger partial charge in [0, 0.05) is 5.39 Å². The molecule has 0 atom stereocenters. The summed E-state index contributed by atoms with van der Waals surface area (Å²) in [6.45, 7) is 0. The summed E-state index contributed by atoms with van der Waals surface area (Å²) < 4.78 is 34.9. The predicted molar refractivity (Wildman–Crippen MR) is 112 cm³/mol. The number of hydrogen-bond donors (Lipinski definition) is 1. The van der Waals surface area contributed by atoms with Gasteiger partial charge in [-0.15, -0.1) is 0 Å². The fourth-order valence-corrected chi connectivity index (χ4v) is 4.65. The third kappa shape index (κ3) is 3.84. The van der Waals surface area contributed by atoms with Crippen LogP contribution in [0.5, 0.6) is 0 Å². The lowest BCUT2D eigenvalue weighted by molar-refractivity contribution is 0.483. The first-order valence-electron chi connectivity index (χ1n) is 9.11. The fraction of sp³-hybridized carbons (Fsp3) is 0.0833. The standard InChI is InChI=1S/C24H20O3S/c25-28(26,27)24-22-14-8-7-13-20(22)17-21(15-18-9-3-1-4-10-18)23(24)16-19-11-5-2-6-12-19/h1-14,17H,15-16H2,(H,25,26,27). The summed E-state index contributed by atoms with van der Waals surface area (Å²) >= 11 is 0. The molecule has 0 fully saturated rings. The summed E-state index contributed by atoms with van der Waals surface area (Å²) in [5, 5.41) is 1.35. The van der Waals surface area contributed by atoms with Gasteiger partial charge in [-0.05, 0) is 40.5 Å². The van der Waals surface area contributed by atoms with Crippen molar-refractivity contribution in [2.45, 2.75) is 17.7 Å². The molecule has 4 rings (SSSR count). The van der Waals surface area contributed by atoms with Gasteiger partial charge in [0.05, 0.1) is 0 Å². The Kier molecular flexibility index (Phi) is 4.99. The largest absolute Gasteiger partial charge is 0.295 e. The molecule has 0 saturated carbocycles. The Morgan fingerprint density at radius 2 is 1.21 bits per heavy atom. The van der Waals surface area contributed by atoms with Gasteiger partial charge in [0.25, 0.3) is 10.1 Å². The van der Waals surface area contributed by atoms with Crippen molar-refractivity contribution in [3.05, 3.63) is 113 Å². The Morgan fingerprint density at radius 3 is 1.82 bits per heavy atom. The lowest BCUT2D eigenvalue weighted by Gasteiger charge is -2.17. The van der Waals surface area contributed by atoms with E-state index in [9.17, 15) is 13.0 Å². The third-order valence-electron chi connectivity index (χ3n) is 4.92. The molecule has 4 aromatic carbocycles. The van der Waals surface area contributed by atoms with Crippen LogP contribution in [0.1, 0.15) is 22.3 Å². The highest BCUT2D eigenvalue weighted by Gasteiger charge is 2.23. The average molecular weight is 388 g/mol. The van der Waals surface area contributed by atoms with E-state index in [1.54, 1.807) is 12.1 Å². The van der Waals surface area contributed by atoms with E-state index in [-0.39, 0.29) is 4.90 Å². The van der Waals surface area contributed by atoms with Gasteiger partial charge in [-0.2, -0.15) is 8.42 Å². The highest BCUT2D eigenvalue weighted by molar-refractivity contribution is 7.86. The second kappa shape index (κ2) is 7.58. The van der Waals surface area contributed by atoms with Crippen LogP contribution in [0, 0.1) is 0 Å². The van der Waals surface area contributed by atoms with Gasteiger partial charge in [0.15, 0.2) is 0 Å². The van der Waals surface area contributed by atoms with E-state index in [0.717, 1.165) is 22.1 Å². The summed E-state index contributed by atoms with van der Waals surface area (Å²) in [6.07, 6.45) is 1.03. The Morgan fingerprint density at radius 1 is 0.679 bits per heavy atom. The molecule has 0 bridgehead atoms. The van der Waals surface area contributed by atoms with Gasteiger partial charge in [-0.1, -0.05) is 91.0 Å². The molecular formula is C24H20O3S. The molecule has 0 saturated heterocycles. The number of rotatable bonds is 5. The van der Waals surface area contributed by atoms with E-state index in [1.165, 1.54) is 0 Å². The summed E-state index contributed by atoms with van der Waals surface area (Å²) in [5.74, 6) is 0. The minimum Gasteiger partial charge on any atom is -0.282 e. The van der Waals surface area contributed by atoms with E-state index in [1.807, 2.05) is 78.9 Å². The van der Waals surface area contributed by atoms with Crippen molar-refractivity contribution in [1.82, 2.24) is 0 Å². The van der Waals surface area contributed by atoms with Gasteiger partial charge in [0.1, 0.15) is 4.90 Å². The highest BCUT2D eigenvalue weighted by Crippen LogP contribution is 2.33. The zero-order valence-electron chi connectivity index (χ0n) is 15.2. The van der Waals surface area contributed by atoms with Crippen LogP contribution in [-0.4, -0.2) is 13.0 Å². The van der Waals surface area contributed by atoms with Gasteiger partial charge in [0.2, 0.25) is 0 Å². The first-order valence-corrected chi connectivity index (χ1v) is 10.6. The zero-order valence-corrected chi connectivity index (χ0v) is 16.1. The Labute approximate surface area is 165 Å². The molecular weight excluding hydrogens is 368 g/mol. The lowest BCUT2D eigenvalue weighted by Crippen LogP contribution is -2.09. The van der Waals surface area contributed by atoms with Crippen LogP contribution in [0.3, 0.4) is 0 Å². The molecule has 0 aliphatic rings. The lowest BCUT2D eigenvalue weighted by atomic mass is 9.92. The van der Waals surface area contributed by atoms with Crippen LogP contribution in [0.15, 0.2) is 95.9 Å². The van der Waals surface area contributed by atoms with Crippen LogP contribution < -0.4 is 0 Å². The van der Waals surface area contributed by atoms with Gasteiger partial charge in [-0.25, -0.2) is 0 Å². The number of benzene rings is 4. The number of fused-ring (bicyclic) bond motifs is 1. The predicted octanol–water partition coefficient (Wildman–Crippen LogP) is 5.27. The van der Waals surface area contributed by atoms with E-state index in [4.69, 9.17) is 0 Å². The van der Waals surface area contributed by atoms with Gasteiger partial charge in [-0.3, -0.25) is 4.55 Å². The molecule has 0 aliphatic heterocycles. The maximum atomic E-state index is 12.4. The van der Waals surface area contributed by atoms with E-state index < -0.39 is 10.1 Å². The molecule has 4 heteroatoms. The highest BCUT2D eigenvalue weighted by atomic mass is 32.2. The molecule has 3 nitrogen and oxygen atoms in total. The minimum absolute atomic E-state index is 0.0142. The van der Waals surface area contributed by atoms with E-state index >= 15 is 0 Å². The van der Waals surface area contributed by atoms with Crippen LogP contribution in [0.4, 0.5) is 0 Å². The monoisotopic (exact) mass is 388 g/mol. The van der Waals surface area contributed by atoms with Crippen molar-refractivity contribution in [1.29, 1.82) is 0 Å². The molecule has 1 N–H and O–H groups in total. The normalized spacial score (nSPS) is 11.6. The smallest absolute Gasteiger partial charge is 0.282 e. The average Bonchev–Trinajstić information content (AvgIpc) is 2.69. The van der Waals surface area contributed by atoms with Crippen molar-refractivity contribution >= 4 is 20.9 Å². The SMILES string of the molecule is O=S(=O)(O)c1c(Cc2ccccc2)c(Cc2ccccc2)cc2ccccc12. The molecule has 28 heavy (non-hydrogen) atoms. The molecule has 0 amide bonds. The molecule has 0 aliphatic carbocycles. The van der Waals surface area contributed by atoms with Crippen molar-refractivity contribution in [3.8, 4) is 0 Å². The van der Waals surface area contributed by atoms with Crippen LogP contribution in [0.2, 0.25) is 0 Å². The Hall–Kier alpha value is -2.95. The summed E-state index contributed by atoms with van der Waals surface area (Å²) in [4.78, 5) is 0.0142. The number of hydrogen-bond acceptors (Lipinski definition) is 2. The first-order chi connectivity index (χ1) is 13.5. The van der Waals surface area contributed by atoms with E-state index in [2.05, 4.69) is 0 Å². The van der Waals surface area contributed by atoms with E-state index in [0.29, 0.717) is 23.8 Å². The quantitative estimate of drug-likeness (QED) is 0.474. The molecule has 0 aromatic heterocycles.